The number of sulfone groups is 1. The van der Waals surface area contributed by atoms with Crippen LogP contribution in [0, 0.1) is 5.41 Å². The van der Waals surface area contributed by atoms with Crippen LogP contribution in [-0.4, -0.2) is 46.0 Å². The van der Waals surface area contributed by atoms with Gasteiger partial charge in [-0.25, -0.2) is 8.42 Å². The smallest absolute Gasteiger partial charge is 0.226 e. The topological polar surface area (TPSA) is 75.3 Å². The van der Waals surface area contributed by atoms with Gasteiger partial charge in [0.05, 0.1) is 5.75 Å². The van der Waals surface area contributed by atoms with E-state index < -0.39 is 9.84 Å². The molecular formula is C11H22N2O3S. The lowest BCUT2D eigenvalue weighted by Gasteiger charge is -2.32. The molecule has 0 aliphatic carbocycles. The summed E-state index contributed by atoms with van der Waals surface area (Å²) in [6.07, 6.45) is 3.37. The SMILES string of the molecule is CC1(C(=O)NCCCS(C)(=O)=O)CCNCC1. The van der Waals surface area contributed by atoms with Crippen LogP contribution < -0.4 is 10.6 Å². The normalized spacial score (nSPS) is 19.9. The van der Waals surface area contributed by atoms with Gasteiger partial charge in [-0.05, 0) is 32.4 Å². The van der Waals surface area contributed by atoms with E-state index in [0.717, 1.165) is 25.9 Å². The fourth-order valence-electron chi connectivity index (χ4n) is 1.96. The van der Waals surface area contributed by atoms with Crippen molar-refractivity contribution in [3.8, 4) is 0 Å². The number of hydrogen-bond donors (Lipinski definition) is 2. The Labute approximate surface area is 103 Å². The highest BCUT2D eigenvalue weighted by molar-refractivity contribution is 7.90. The van der Waals surface area contributed by atoms with Crippen molar-refractivity contribution in [3.63, 3.8) is 0 Å². The maximum Gasteiger partial charge on any atom is 0.226 e. The van der Waals surface area contributed by atoms with E-state index in [-0.39, 0.29) is 17.1 Å². The minimum absolute atomic E-state index is 0.0486. The minimum Gasteiger partial charge on any atom is -0.356 e. The summed E-state index contributed by atoms with van der Waals surface area (Å²) in [6, 6.07) is 0. The maximum atomic E-state index is 12.0. The lowest BCUT2D eigenvalue weighted by Crippen LogP contribution is -2.46. The molecule has 0 aromatic rings. The van der Waals surface area contributed by atoms with Gasteiger partial charge in [-0.2, -0.15) is 0 Å². The molecule has 1 rings (SSSR count). The van der Waals surface area contributed by atoms with Gasteiger partial charge in [-0.1, -0.05) is 6.92 Å². The van der Waals surface area contributed by atoms with E-state index in [0.29, 0.717) is 13.0 Å². The van der Waals surface area contributed by atoms with Crippen LogP contribution in [0.1, 0.15) is 26.2 Å². The van der Waals surface area contributed by atoms with Gasteiger partial charge in [0.25, 0.3) is 0 Å². The van der Waals surface area contributed by atoms with Crippen molar-refractivity contribution in [2.24, 2.45) is 5.41 Å². The van der Waals surface area contributed by atoms with E-state index in [1.54, 1.807) is 0 Å². The molecule has 0 bridgehead atoms. The monoisotopic (exact) mass is 262 g/mol. The second-order valence-electron chi connectivity index (χ2n) is 5.05. The van der Waals surface area contributed by atoms with Gasteiger partial charge in [0.15, 0.2) is 0 Å². The average molecular weight is 262 g/mol. The summed E-state index contributed by atoms with van der Waals surface area (Å²) in [5, 5.41) is 6.06. The van der Waals surface area contributed by atoms with Gasteiger partial charge in [0, 0.05) is 18.2 Å². The highest BCUT2D eigenvalue weighted by Crippen LogP contribution is 2.27. The Balaban J connectivity index is 2.29. The summed E-state index contributed by atoms with van der Waals surface area (Å²) in [5.41, 5.74) is -0.295. The number of piperidine rings is 1. The summed E-state index contributed by atoms with van der Waals surface area (Å²) in [7, 11) is -2.92. The molecule has 0 aromatic heterocycles. The molecule has 0 aromatic carbocycles. The second-order valence-corrected chi connectivity index (χ2v) is 7.31. The third kappa shape index (κ3) is 5.04. The Bertz CT molecular complexity index is 359. The van der Waals surface area contributed by atoms with E-state index in [9.17, 15) is 13.2 Å². The van der Waals surface area contributed by atoms with E-state index in [1.165, 1.54) is 6.26 Å². The van der Waals surface area contributed by atoms with Crippen molar-refractivity contribution in [2.75, 3.05) is 31.6 Å². The zero-order valence-corrected chi connectivity index (χ0v) is 11.4. The number of hydrogen-bond acceptors (Lipinski definition) is 4. The Morgan fingerprint density at radius 2 is 1.94 bits per heavy atom. The molecule has 0 radical (unpaired) electrons. The Kier molecular flexibility index (Phi) is 4.94. The van der Waals surface area contributed by atoms with Crippen LogP contribution in [0.4, 0.5) is 0 Å². The van der Waals surface area contributed by atoms with E-state index in [2.05, 4.69) is 10.6 Å². The molecule has 1 fully saturated rings. The van der Waals surface area contributed by atoms with Crippen molar-refractivity contribution < 1.29 is 13.2 Å². The number of amides is 1. The molecule has 6 heteroatoms. The first-order chi connectivity index (χ1) is 7.83. The fourth-order valence-corrected chi connectivity index (χ4v) is 2.62. The van der Waals surface area contributed by atoms with Crippen LogP contribution in [0.2, 0.25) is 0 Å². The molecule has 100 valence electrons. The number of carbonyl (C=O) groups is 1. The van der Waals surface area contributed by atoms with Gasteiger partial charge in [0.1, 0.15) is 9.84 Å². The highest BCUT2D eigenvalue weighted by atomic mass is 32.2. The second kappa shape index (κ2) is 5.82. The number of rotatable bonds is 5. The molecule has 0 unspecified atom stereocenters. The number of nitrogens with one attached hydrogen (secondary N) is 2. The van der Waals surface area contributed by atoms with Crippen molar-refractivity contribution in [1.29, 1.82) is 0 Å². The average Bonchev–Trinajstić information content (AvgIpc) is 2.24. The molecule has 0 saturated carbocycles. The first kappa shape index (κ1) is 14.4. The third-order valence-electron chi connectivity index (χ3n) is 3.23. The van der Waals surface area contributed by atoms with E-state index in [1.807, 2.05) is 6.92 Å². The molecule has 1 saturated heterocycles. The van der Waals surface area contributed by atoms with Gasteiger partial charge in [0.2, 0.25) is 5.91 Å². The summed E-state index contributed by atoms with van der Waals surface area (Å²) in [4.78, 5) is 12.0. The van der Waals surface area contributed by atoms with E-state index >= 15 is 0 Å². The molecule has 1 amide bonds. The molecular weight excluding hydrogens is 240 g/mol. The highest BCUT2D eigenvalue weighted by Gasteiger charge is 2.33. The van der Waals surface area contributed by atoms with Crippen molar-refractivity contribution >= 4 is 15.7 Å². The fraction of sp³-hybridized carbons (Fsp3) is 0.909. The van der Waals surface area contributed by atoms with Gasteiger partial charge in [-0.15, -0.1) is 0 Å². The first-order valence-electron chi connectivity index (χ1n) is 6.00. The zero-order valence-electron chi connectivity index (χ0n) is 10.6. The Morgan fingerprint density at radius 3 is 2.47 bits per heavy atom. The van der Waals surface area contributed by atoms with E-state index in [4.69, 9.17) is 0 Å². The molecule has 1 heterocycles. The summed E-state index contributed by atoms with van der Waals surface area (Å²) >= 11 is 0. The largest absolute Gasteiger partial charge is 0.356 e. The molecule has 17 heavy (non-hydrogen) atoms. The molecule has 5 nitrogen and oxygen atoms in total. The van der Waals surface area contributed by atoms with Gasteiger partial charge < -0.3 is 10.6 Å². The summed E-state index contributed by atoms with van der Waals surface area (Å²) < 4.78 is 21.8. The molecule has 1 aliphatic rings. The summed E-state index contributed by atoms with van der Waals surface area (Å²) in [5.74, 6) is 0.179. The third-order valence-corrected chi connectivity index (χ3v) is 4.26. The first-order valence-corrected chi connectivity index (χ1v) is 8.06. The van der Waals surface area contributed by atoms with Crippen LogP contribution in [0.5, 0.6) is 0 Å². The van der Waals surface area contributed by atoms with Crippen molar-refractivity contribution in [1.82, 2.24) is 10.6 Å². The minimum atomic E-state index is -2.92. The van der Waals surface area contributed by atoms with Crippen LogP contribution in [0.15, 0.2) is 0 Å². The summed E-state index contributed by atoms with van der Waals surface area (Å²) in [6.45, 7) is 4.15. The predicted octanol–water partition coefficient (Wildman–Crippen LogP) is -0.0730. The predicted molar refractivity (Wildman–Crippen MR) is 67.5 cm³/mol. The molecule has 0 atom stereocenters. The maximum absolute atomic E-state index is 12.0. The Hall–Kier alpha value is -0.620. The van der Waals surface area contributed by atoms with Crippen LogP contribution >= 0.6 is 0 Å². The molecule has 0 spiro atoms. The number of carbonyl (C=O) groups excluding carboxylic acids is 1. The Morgan fingerprint density at radius 1 is 1.35 bits per heavy atom. The van der Waals surface area contributed by atoms with Gasteiger partial charge in [-0.3, -0.25) is 4.79 Å². The lowest BCUT2D eigenvalue weighted by atomic mass is 9.80. The zero-order chi connectivity index (χ0) is 12.9. The standard InChI is InChI=1S/C11H22N2O3S/c1-11(4-7-12-8-5-11)10(14)13-6-3-9-17(2,15)16/h12H,3-9H2,1-2H3,(H,13,14). The molecule has 1 aliphatic heterocycles. The van der Waals surface area contributed by atoms with Gasteiger partial charge >= 0.3 is 0 Å². The van der Waals surface area contributed by atoms with Crippen LogP contribution in [0.3, 0.4) is 0 Å². The van der Waals surface area contributed by atoms with Crippen LogP contribution in [0.25, 0.3) is 0 Å². The van der Waals surface area contributed by atoms with Crippen molar-refractivity contribution in [2.45, 2.75) is 26.2 Å². The van der Waals surface area contributed by atoms with Crippen molar-refractivity contribution in [3.05, 3.63) is 0 Å². The molecule has 2 N–H and O–H groups in total. The quantitative estimate of drug-likeness (QED) is 0.680. The lowest BCUT2D eigenvalue weighted by molar-refractivity contribution is -0.131. The van der Waals surface area contributed by atoms with Crippen LogP contribution in [-0.2, 0) is 14.6 Å².